The van der Waals surface area contributed by atoms with Crippen LogP contribution >= 0.6 is 0 Å². The van der Waals surface area contributed by atoms with Gasteiger partial charge in [0, 0.05) is 24.4 Å². The van der Waals surface area contributed by atoms with Gasteiger partial charge in [0.25, 0.3) is 5.56 Å². The molecule has 0 amide bonds. The van der Waals surface area contributed by atoms with Crippen molar-refractivity contribution in [3.05, 3.63) is 58.0 Å². The summed E-state index contributed by atoms with van der Waals surface area (Å²) in [4.78, 5) is 11.7. The summed E-state index contributed by atoms with van der Waals surface area (Å²) in [5.41, 5.74) is 1.99. The number of aromatic nitrogens is 2. The summed E-state index contributed by atoms with van der Waals surface area (Å²) in [5, 5.41) is 7.35. The van der Waals surface area contributed by atoms with Crippen LogP contribution in [0.2, 0.25) is 0 Å². The number of ether oxygens (including phenoxy) is 1. The minimum absolute atomic E-state index is 0.119. The van der Waals surface area contributed by atoms with Gasteiger partial charge in [-0.05, 0) is 30.3 Å². The highest BCUT2D eigenvalue weighted by Crippen LogP contribution is 2.20. The van der Waals surface area contributed by atoms with Crippen LogP contribution in [0, 0.1) is 0 Å². The Kier molecular flexibility index (Phi) is 4.90. The van der Waals surface area contributed by atoms with Crippen molar-refractivity contribution in [1.82, 2.24) is 15.1 Å². The van der Waals surface area contributed by atoms with E-state index < -0.39 is 0 Å². The fourth-order valence-electron chi connectivity index (χ4n) is 2.00. The van der Waals surface area contributed by atoms with E-state index in [0.717, 1.165) is 30.0 Å². The van der Waals surface area contributed by atoms with E-state index >= 15 is 0 Å². The first kappa shape index (κ1) is 14.3. The quantitative estimate of drug-likeness (QED) is 0.864. The van der Waals surface area contributed by atoms with Crippen molar-refractivity contribution < 1.29 is 4.74 Å². The Balaban J connectivity index is 2.29. The molecule has 0 bridgehead atoms. The summed E-state index contributed by atoms with van der Waals surface area (Å²) in [5.74, 6) is 0.766. The standard InChI is InChI=1S/C15H19N3O2/c1-3-16-10-12-6-7-14(20-2)13(9-12)11-18-15(19)5-4-8-17-18/h4-9,16H,3,10-11H2,1-2H3. The molecule has 0 aliphatic rings. The van der Waals surface area contributed by atoms with Crippen molar-refractivity contribution in [3.63, 3.8) is 0 Å². The molecule has 2 rings (SSSR count). The normalized spacial score (nSPS) is 10.5. The van der Waals surface area contributed by atoms with Crippen molar-refractivity contribution in [1.29, 1.82) is 0 Å². The average molecular weight is 273 g/mol. The van der Waals surface area contributed by atoms with Gasteiger partial charge in [-0.15, -0.1) is 0 Å². The van der Waals surface area contributed by atoms with Gasteiger partial charge >= 0.3 is 0 Å². The Morgan fingerprint density at radius 2 is 2.20 bits per heavy atom. The Labute approximate surface area is 118 Å². The van der Waals surface area contributed by atoms with Crippen molar-refractivity contribution in [2.75, 3.05) is 13.7 Å². The van der Waals surface area contributed by atoms with E-state index in [0.29, 0.717) is 6.54 Å². The Bertz CT molecular complexity index is 623. The first-order chi connectivity index (χ1) is 9.74. The molecule has 1 heterocycles. The molecule has 5 heteroatoms. The van der Waals surface area contributed by atoms with Crippen LogP contribution in [0.5, 0.6) is 5.75 Å². The monoisotopic (exact) mass is 273 g/mol. The molecular weight excluding hydrogens is 254 g/mol. The van der Waals surface area contributed by atoms with Crippen molar-refractivity contribution in [3.8, 4) is 5.75 Å². The average Bonchev–Trinajstić information content (AvgIpc) is 2.48. The number of nitrogens with zero attached hydrogens (tertiary/aromatic N) is 2. The van der Waals surface area contributed by atoms with Gasteiger partial charge in [0.05, 0.1) is 13.7 Å². The molecule has 0 atom stereocenters. The zero-order valence-electron chi connectivity index (χ0n) is 11.8. The number of methoxy groups -OCH3 is 1. The molecule has 106 valence electrons. The van der Waals surface area contributed by atoms with Gasteiger partial charge in [0.2, 0.25) is 0 Å². The third kappa shape index (κ3) is 3.45. The van der Waals surface area contributed by atoms with Crippen molar-refractivity contribution in [2.24, 2.45) is 0 Å². The summed E-state index contributed by atoms with van der Waals surface area (Å²) < 4.78 is 6.78. The highest BCUT2D eigenvalue weighted by atomic mass is 16.5. The molecule has 0 aliphatic carbocycles. The highest BCUT2D eigenvalue weighted by molar-refractivity contribution is 5.37. The van der Waals surface area contributed by atoms with E-state index in [9.17, 15) is 4.79 Å². The van der Waals surface area contributed by atoms with E-state index in [4.69, 9.17) is 4.74 Å². The largest absolute Gasteiger partial charge is 0.496 e. The number of rotatable bonds is 6. The molecule has 20 heavy (non-hydrogen) atoms. The van der Waals surface area contributed by atoms with Gasteiger partial charge in [-0.2, -0.15) is 5.10 Å². The second-order valence-electron chi connectivity index (χ2n) is 4.45. The van der Waals surface area contributed by atoms with Gasteiger partial charge in [0.1, 0.15) is 5.75 Å². The minimum atomic E-state index is -0.119. The van der Waals surface area contributed by atoms with Gasteiger partial charge in [-0.3, -0.25) is 4.79 Å². The molecule has 2 aromatic rings. The molecule has 0 aliphatic heterocycles. The molecule has 5 nitrogen and oxygen atoms in total. The molecule has 0 fully saturated rings. The molecule has 1 aromatic heterocycles. The van der Waals surface area contributed by atoms with E-state index in [1.165, 1.54) is 10.7 Å². The molecular formula is C15H19N3O2. The maximum atomic E-state index is 11.7. The number of benzene rings is 1. The lowest BCUT2D eigenvalue weighted by molar-refractivity contribution is 0.406. The molecule has 0 saturated heterocycles. The van der Waals surface area contributed by atoms with Gasteiger partial charge in [-0.1, -0.05) is 13.0 Å². The fourth-order valence-corrected chi connectivity index (χ4v) is 2.00. The second-order valence-corrected chi connectivity index (χ2v) is 4.45. The molecule has 1 aromatic carbocycles. The summed E-state index contributed by atoms with van der Waals surface area (Å²) in [7, 11) is 1.63. The van der Waals surface area contributed by atoms with Crippen LogP contribution in [-0.2, 0) is 13.1 Å². The molecule has 0 saturated carbocycles. The Morgan fingerprint density at radius 1 is 1.35 bits per heavy atom. The summed E-state index contributed by atoms with van der Waals surface area (Å²) in [6, 6.07) is 9.13. The van der Waals surface area contributed by atoms with Crippen LogP contribution in [0.1, 0.15) is 18.1 Å². The Morgan fingerprint density at radius 3 is 2.90 bits per heavy atom. The second kappa shape index (κ2) is 6.86. The first-order valence-corrected chi connectivity index (χ1v) is 6.63. The maximum absolute atomic E-state index is 11.7. The number of hydrogen-bond acceptors (Lipinski definition) is 4. The summed E-state index contributed by atoms with van der Waals surface area (Å²) >= 11 is 0. The zero-order chi connectivity index (χ0) is 14.4. The van der Waals surface area contributed by atoms with Gasteiger partial charge in [-0.25, -0.2) is 4.68 Å². The van der Waals surface area contributed by atoms with Gasteiger partial charge < -0.3 is 10.1 Å². The molecule has 1 N–H and O–H groups in total. The third-order valence-electron chi connectivity index (χ3n) is 3.03. The lowest BCUT2D eigenvalue weighted by atomic mass is 10.1. The lowest BCUT2D eigenvalue weighted by Crippen LogP contribution is -2.22. The van der Waals surface area contributed by atoms with Crippen molar-refractivity contribution >= 4 is 0 Å². The van der Waals surface area contributed by atoms with Crippen LogP contribution in [-0.4, -0.2) is 23.4 Å². The predicted octanol–water partition coefficient (Wildman–Crippen LogP) is 1.41. The number of nitrogens with one attached hydrogen (secondary N) is 1. The smallest absolute Gasteiger partial charge is 0.267 e. The molecule has 0 radical (unpaired) electrons. The zero-order valence-corrected chi connectivity index (χ0v) is 11.8. The van der Waals surface area contributed by atoms with E-state index in [1.54, 1.807) is 19.4 Å². The van der Waals surface area contributed by atoms with Crippen LogP contribution in [0.15, 0.2) is 41.3 Å². The topological polar surface area (TPSA) is 56.1 Å². The van der Waals surface area contributed by atoms with Crippen LogP contribution in [0.25, 0.3) is 0 Å². The van der Waals surface area contributed by atoms with E-state index in [-0.39, 0.29) is 5.56 Å². The third-order valence-corrected chi connectivity index (χ3v) is 3.03. The first-order valence-electron chi connectivity index (χ1n) is 6.63. The van der Waals surface area contributed by atoms with Crippen LogP contribution in [0.3, 0.4) is 0 Å². The minimum Gasteiger partial charge on any atom is -0.496 e. The van der Waals surface area contributed by atoms with E-state index in [1.807, 2.05) is 18.2 Å². The maximum Gasteiger partial charge on any atom is 0.267 e. The van der Waals surface area contributed by atoms with E-state index in [2.05, 4.69) is 17.3 Å². The van der Waals surface area contributed by atoms with Gasteiger partial charge in [0.15, 0.2) is 0 Å². The highest BCUT2D eigenvalue weighted by Gasteiger charge is 2.07. The fraction of sp³-hybridized carbons (Fsp3) is 0.333. The number of hydrogen-bond donors (Lipinski definition) is 1. The summed E-state index contributed by atoms with van der Waals surface area (Å²) in [6.45, 7) is 4.19. The Hall–Kier alpha value is -2.14. The van der Waals surface area contributed by atoms with Crippen molar-refractivity contribution in [2.45, 2.75) is 20.0 Å². The molecule has 0 unspecified atom stereocenters. The van der Waals surface area contributed by atoms with Crippen LogP contribution < -0.4 is 15.6 Å². The molecule has 0 spiro atoms. The lowest BCUT2D eigenvalue weighted by Gasteiger charge is -2.12. The predicted molar refractivity (Wildman–Crippen MR) is 78.0 cm³/mol. The summed E-state index contributed by atoms with van der Waals surface area (Å²) in [6.07, 6.45) is 1.61. The van der Waals surface area contributed by atoms with Crippen LogP contribution in [0.4, 0.5) is 0 Å². The SMILES string of the molecule is CCNCc1ccc(OC)c(Cn2ncccc2=O)c1.